The molecule has 0 saturated carbocycles. The first-order chi connectivity index (χ1) is 15.7. The van der Waals surface area contributed by atoms with Crippen molar-refractivity contribution in [3.63, 3.8) is 0 Å². The predicted molar refractivity (Wildman–Crippen MR) is 131 cm³/mol. The van der Waals surface area contributed by atoms with Gasteiger partial charge in [-0.15, -0.1) is 0 Å². The Bertz CT molecular complexity index is 1220. The monoisotopic (exact) mass is 466 g/mol. The summed E-state index contributed by atoms with van der Waals surface area (Å²) in [6, 6.07) is 19.3. The molecule has 0 fully saturated rings. The van der Waals surface area contributed by atoms with Crippen molar-refractivity contribution < 1.29 is 17.9 Å². The number of carbonyl (C=O) groups excluding carboxylic acids is 1. The summed E-state index contributed by atoms with van der Waals surface area (Å²) in [7, 11) is -3.92. The van der Waals surface area contributed by atoms with Crippen LogP contribution in [-0.4, -0.2) is 34.0 Å². The fraction of sp³-hybridized carbons (Fsp3) is 0.269. The molecule has 33 heavy (non-hydrogen) atoms. The van der Waals surface area contributed by atoms with Crippen LogP contribution in [0.1, 0.15) is 22.3 Å². The van der Waals surface area contributed by atoms with Gasteiger partial charge in [0.15, 0.2) is 0 Å². The Morgan fingerprint density at radius 3 is 2.12 bits per heavy atom. The van der Waals surface area contributed by atoms with Crippen molar-refractivity contribution >= 4 is 21.6 Å². The SMILES string of the molecule is Cc1ccc(OCCNC(=O)CN(c2ccc(C)c(C)c2)S(=O)(=O)c2ccccc2)cc1C. The summed E-state index contributed by atoms with van der Waals surface area (Å²) in [6.07, 6.45) is 0. The summed E-state index contributed by atoms with van der Waals surface area (Å²) >= 11 is 0. The second-order valence-electron chi connectivity index (χ2n) is 8.04. The summed E-state index contributed by atoms with van der Waals surface area (Å²) in [4.78, 5) is 12.8. The highest BCUT2D eigenvalue weighted by Gasteiger charge is 2.27. The average Bonchev–Trinajstić information content (AvgIpc) is 2.80. The number of hydrogen-bond acceptors (Lipinski definition) is 4. The van der Waals surface area contributed by atoms with Gasteiger partial charge in [0.05, 0.1) is 17.1 Å². The van der Waals surface area contributed by atoms with Crippen LogP contribution in [0.15, 0.2) is 71.6 Å². The van der Waals surface area contributed by atoms with Crippen LogP contribution >= 0.6 is 0 Å². The molecule has 0 aliphatic carbocycles. The Balaban J connectivity index is 1.71. The molecular formula is C26H30N2O4S. The van der Waals surface area contributed by atoms with Crippen LogP contribution in [0, 0.1) is 27.7 Å². The van der Waals surface area contributed by atoms with Gasteiger partial charge in [-0.3, -0.25) is 9.10 Å². The van der Waals surface area contributed by atoms with Crippen molar-refractivity contribution in [1.82, 2.24) is 5.32 Å². The van der Waals surface area contributed by atoms with Crippen molar-refractivity contribution in [2.24, 2.45) is 0 Å². The summed E-state index contributed by atoms with van der Waals surface area (Å²) in [6.45, 7) is 8.13. The lowest BCUT2D eigenvalue weighted by Gasteiger charge is -2.25. The predicted octanol–water partition coefficient (Wildman–Crippen LogP) is 4.31. The summed E-state index contributed by atoms with van der Waals surface area (Å²) in [5, 5.41) is 2.76. The molecule has 3 rings (SSSR count). The lowest BCUT2D eigenvalue weighted by Crippen LogP contribution is -2.42. The third kappa shape index (κ3) is 6.14. The van der Waals surface area contributed by atoms with Crippen LogP contribution < -0.4 is 14.4 Å². The van der Waals surface area contributed by atoms with Crippen molar-refractivity contribution in [2.45, 2.75) is 32.6 Å². The molecule has 0 heterocycles. The van der Waals surface area contributed by atoms with Crippen molar-refractivity contribution in [3.05, 3.63) is 89.0 Å². The molecule has 0 bridgehead atoms. The number of rotatable bonds is 9. The maximum Gasteiger partial charge on any atom is 0.264 e. The van der Waals surface area contributed by atoms with E-state index >= 15 is 0 Å². The van der Waals surface area contributed by atoms with Gasteiger partial charge >= 0.3 is 0 Å². The van der Waals surface area contributed by atoms with Gasteiger partial charge in [-0.05, 0) is 86.3 Å². The Kier molecular flexibility index (Phi) is 7.76. The van der Waals surface area contributed by atoms with E-state index in [2.05, 4.69) is 5.32 Å². The van der Waals surface area contributed by atoms with Crippen molar-refractivity contribution in [2.75, 3.05) is 24.0 Å². The average molecular weight is 467 g/mol. The Hall–Kier alpha value is -3.32. The maximum absolute atomic E-state index is 13.4. The molecule has 0 atom stereocenters. The minimum atomic E-state index is -3.92. The standard InChI is InChI=1S/C26H30N2O4S/c1-19-10-12-23(16-21(19)3)28(33(30,31)25-8-6-5-7-9-25)18-26(29)27-14-15-32-24-13-11-20(2)22(4)17-24/h5-13,16-17H,14-15,18H2,1-4H3,(H,27,29). The molecule has 0 aliphatic heterocycles. The first-order valence-corrected chi connectivity index (χ1v) is 12.2. The van der Waals surface area contributed by atoms with E-state index in [1.54, 1.807) is 30.3 Å². The largest absolute Gasteiger partial charge is 0.492 e. The normalized spacial score (nSPS) is 11.2. The van der Waals surface area contributed by atoms with Crippen LogP contribution in [0.5, 0.6) is 5.75 Å². The molecule has 174 valence electrons. The lowest BCUT2D eigenvalue weighted by molar-refractivity contribution is -0.119. The van der Waals surface area contributed by atoms with E-state index in [0.29, 0.717) is 5.69 Å². The summed E-state index contributed by atoms with van der Waals surface area (Å²) < 4.78 is 33.6. The second kappa shape index (κ2) is 10.5. The van der Waals surface area contributed by atoms with Crippen LogP contribution in [0.2, 0.25) is 0 Å². The zero-order valence-electron chi connectivity index (χ0n) is 19.5. The maximum atomic E-state index is 13.4. The van der Waals surface area contributed by atoms with E-state index < -0.39 is 15.9 Å². The first kappa shape index (κ1) is 24.3. The molecule has 3 aromatic carbocycles. The third-order valence-corrected chi connectivity index (χ3v) is 7.36. The zero-order valence-corrected chi connectivity index (χ0v) is 20.3. The molecule has 6 nitrogen and oxygen atoms in total. The van der Waals surface area contributed by atoms with Crippen molar-refractivity contribution in [1.29, 1.82) is 0 Å². The number of nitrogens with one attached hydrogen (secondary N) is 1. The third-order valence-electron chi connectivity index (χ3n) is 5.57. The van der Waals surface area contributed by atoms with E-state index in [4.69, 9.17) is 4.74 Å². The van der Waals surface area contributed by atoms with E-state index in [-0.39, 0.29) is 24.6 Å². The molecule has 1 amide bonds. The number of ether oxygens (including phenoxy) is 1. The molecule has 7 heteroatoms. The Morgan fingerprint density at radius 1 is 0.848 bits per heavy atom. The molecule has 0 spiro atoms. The van der Waals surface area contributed by atoms with Crippen molar-refractivity contribution in [3.8, 4) is 5.75 Å². The molecular weight excluding hydrogens is 436 g/mol. The Morgan fingerprint density at radius 2 is 1.48 bits per heavy atom. The van der Waals surface area contributed by atoms with Gasteiger partial charge in [0.25, 0.3) is 10.0 Å². The fourth-order valence-corrected chi connectivity index (χ4v) is 4.70. The van der Waals surface area contributed by atoms with Gasteiger partial charge < -0.3 is 10.1 Å². The number of amides is 1. The number of nitrogens with zero attached hydrogens (tertiary/aromatic N) is 1. The molecule has 0 aliphatic rings. The molecule has 0 unspecified atom stereocenters. The molecule has 0 saturated heterocycles. The Labute approximate surface area is 196 Å². The van der Waals surface area contributed by atoms with Gasteiger partial charge in [-0.1, -0.05) is 30.3 Å². The van der Waals surface area contributed by atoms with Gasteiger partial charge in [0.2, 0.25) is 5.91 Å². The van der Waals surface area contributed by atoms with E-state index in [1.807, 2.05) is 52.0 Å². The minimum Gasteiger partial charge on any atom is -0.492 e. The zero-order chi connectivity index (χ0) is 24.0. The number of aryl methyl sites for hydroxylation is 4. The summed E-state index contributed by atoms with van der Waals surface area (Å²) in [5.74, 6) is 0.326. The second-order valence-corrected chi connectivity index (χ2v) is 9.90. The highest BCUT2D eigenvalue weighted by atomic mass is 32.2. The van der Waals surface area contributed by atoms with Gasteiger partial charge in [0, 0.05) is 0 Å². The summed E-state index contributed by atoms with van der Waals surface area (Å²) in [5.41, 5.74) is 4.75. The minimum absolute atomic E-state index is 0.133. The van der Waals surface area contributed by atoms with E-state index in [0.717, 1.165) is 26.7 Å². The van der Waals surface area contributed by atoms with Crippen LogP contribution in [0.25, 0.3) is 0 Å². The lowest BCUT2D eigenvalue weighted by atomic mass is 10.1. The number of sulfonamides is 1. The van der Waals surface area contributed by atoms with Crippen LogP contribution in [0.4, 0.5) is 5.69 Å². The van der Waals surface area contributed by atoms with E-state index in [1.165, 1.54) is 17.7 Å². The van der Waals surface area contributed by atoms with Gasteiger partial charge in [0.1, 0.15) is 18.9 Å². The number of hydrogen-bond donors (Lipinski definition) is 1. The van der Waals surface area contributed by atoms with Crippen LogP contribution in [0.3, 0.4) is 0 Å². The fourth-order valence-electron chi connectivity index (χ4n) is 3.26. The molecule has 0 radical (unpaired) electrons. The van der Waals surface area contributed by atoms with Gasteiger partial charge in [-0.25, -0.2) is 8.42 Å². The molecule has 3 aromatic rings. The number of benzene rings is 3. The molecule has 1 N–H and O–H groups in total. The highest BCUT2D eigenvalue weighted by Crippen LogP contribution is 2.25. The number of anilines is 1. The van der Waals surface area contributed by atoms with Gasteiger partial charge in [-0.2, -0.15) is 0 Å². The van der Waals surface area contributed by atoms with Crippen LogP contribution in [-0.2, 0) is 14.8 Å². The highest BCUT2D eigenvalue weighted by molar-refractivity contribution is 7.92. The molecule has 0 aromatic heterocycles. The topological polar surface area (TPSA) is 75.7 Å². The quantitative estimate of drug-likeness (QED) is 0.477. The first-order valence-electron chi connectivity index (χ1n) is 10.8. The smallest absolute Gasteiger partial charge is 0.264 e. The number of carbonyl (C=O) groups is 1. The van der Waals surface area contributed by atoms with E-state index in [9.17, 15) is 13.2 Å².